The molecule has 0 heterocycles. The lowest BCUT2D eigenvalue weighted by molar-refractivity contribution is -0.139. The van der Waals surface area contributed by atoms with Crippen LogP contribution in [0.4, 0.5) is 4.79 Å². The highest BCUT2D eigenvalue weighted by atomic mass is 16.4. The number of amides is 2. The molecule has 0 bridgehead atoms. The average Bonchev–Trinajstić information content (AvgIpc) is 2.39. The van der Waals surface area contributed by atoms with Crippen molar-refractivity contribution < 1.29 is 14.7 Å². The average molecular weight is 276 g/mol. The van der Waals surface area contributed by atoms with Gasteiger partial charge in [-0.1, -0.05) is 36.4 Å². The van der Waals surface area contributed by atoms with Crippen LogP contribution in [0, 0.1) is 0 Å². The van der Waals surface area contributed by atoms with Crippen LogP contribution < -0.4 is 10.6 Å². The van der Waals surface area contributed by atoms with Crippen molar-refractivity contribution in [3.05, 3.63) is 48.6 Å². The maximum Gasteiger partial charge on any atom is 0.326 e. The van der Waals surface area contributed by atoms with Crippen LogP contribution in [0.25, 0.3) is 0 Å². The summed E-state index contributed by atoms with van der Waals surface area (Å²) in [7, 11) is 0. The van der Waals surface area contributed by atoms with E-state index in [4.69, 9.17) is 5.11 Å². The summed E-state index contributed by atoms with van der Waals surface area (Å²) in [5.74, 6) is -1.06. The molecule has 1 aromatic carbocycles. The van der Waals surface area contributed by atoms with Crippen LogP contribution in [-0.4, -0.2) is 29.2 Å². The van der Waals surface area contributed by atoms with Gasteiger partial charge in [0, 0.05) is 12.5 Å². The third-order valence-corrected chi connectivity index (χ3v) is 2.78. The van der Waals surface area contributed by atoms with Crippen molar-refractivity contribution in [2.24, 2.45) is 0 Å². The molecule has 0 spiro atoms. The van der Waals surface area contributed by atoms with Gasteiger partial charge in [0.05, 0.1) is 0 Å². The number of aliphatic carboxylic acids is 1. The lowest BCUT2D eigenvalue weighted by atomic mass is 10.1. The van der Waals surface area contributed by atoms with Crippen LogP contribution in [-0.2, 0) is 11.2 Å². The molecule has 1 rings (SSSR count). The SMILES string of the molecule is C=CCC(C)NC(=O)N[C@@H](Cc1ccccc1)C(=O)O. The molecule has 5 nitrogen and oxygen atoms in total. The van der Waals surface area contributed by atoms with Gasteiger partial charge in [-0.15, -0.1) is 6.58 Å². The molecule has 5 heteroatoms. The van der Waals surface area contributed by atoms with Gasteiger partial charge in [-0.05, 0) is 18.9 Å². The molecular weight excluding hydrogens is 256 g/mol. The van der Waals surface area contributed by atoms with Crippen molar-refractivity contribution >= 4 is 12.0 Å². The van der Waals surface area contributed by atoms with E-state index in [1.807, 2.05) is 37.3 Å². The van der Waals surface area contributed by atoms with Crippen molar-refractivity contribution in [3.63, 3.8) is 0 Å². The van der Waals surface area contributed by atoms with Gasteiger partial charge in [-0.25, -0.2) is 9.59 Å². The standard InChI is InChI=1S/C15H20N2O3/c1-3-7-11(2)16-15(20)17-13(14(18)19)10-12-8-5-4-6-9-12/h3-6,8-9,11,13H,1,7,10H2,2H3,(H,18,19)(H2,16,17,20)/t11?,13-/m0/s1. The van der Waals surface area contributed by atoms with Crippen molar-refractivity contribution in [3.8, 4) is 0 Å². The van der Waals surface area contributed by atoms with E-state index in [0.29, 0.717) is 6.42 Å². The molecule has 0 aromatic heterocycles. The number of hydrogen-bond acceptors (Lipinski definition) is 2. The van der Waals surface area contributed by atoms with Crippen molar-refractivity contribution in [1.82, 2.24) is 10.6 Å². The van der Waals surface area contributed by atoms with Crippen molar-refractivity contribution in [2.45, 2.75) is 31.8 Å². The zero-order valence-corrected chi connectivity index (χ0v) is 11.5. The quantitative estimate of drug-likeness (QED) is 0.666. The number of benzene rings is 1. The smallest absolute Gasteiger partial charge is 0.326 e. The van der Waals surface area contributed by atoms with Gasteiger partial charge in [0.1, 0.15) is 6.04 Å². The summed E-state index contributed by atoms with van der Waals surface area (Å²) in [4.78, 5) is 22.9. The zero-order chi connectivity index (χ0) is 15.0. The maximum absolute atomic E-state index is 11.7. The first-order valence-electron chi connectivity index (χ1n) is 6.47. The summed E-state index contributed by atoms with van der Waals surface area (Å²) >= 11 is 0. The first-order valence-corrected chi connectivity index (χ1v) is 6.47. The van der Waals surface area contributed by atoms with Gasteiger partial charge in [0.2, 0.25) is 0 Å². The molecular formula is C15H20N2O3. The van der Waals surface area contributed by atoms with Crippen LogP contribution in [0.2, 0.25) is 0 Å². The highest BCUT2D eigenvalue weighted by Gasteiger charge is 2.20. The number of carbonyl (C=O) groups is 2. The number of urea groups is 1. The third-order valence-electron chi connectivity index (χ3n) is 2.78. The van der Waals surface area contributed by atoms with Gasteiger partial charge in [0.25, 0.3) is 0 Å². The summed E-state index contributed by atoms with van der Waals surface area (Å²) in [5.41, 5.74) is 0.860. The Hall–Kier alpha value is -2.30. The minimum atomic E-state index is -1.06. The fourth-order valence-corrected chi connectivity index (χ4v) is 1.78. The molecule has 1 aromatic rings. The third kappa shape index (κ3) is 5.56. The topological polar surface area (TPSA) is 78.4 Å². The van der Waals surface area contributed by atoms with E-state index in [0.717, 1.165) is 5.56 Å². The first-order chi connectivity index (χ1) is 9.52. The molecule has 0 radical (unpaired) electrons. The van der Waals surface area contributed by atoms with Crippen LogP contribution in [0.15, 0.2) is 43.0 Å². The monoisotopic (exact) mass is 276 g/mol. The van der Waals surface area contributed by atoms with Crippen LogP contribution >= 0.6 is 0 Å². The van der Waals surface area contributed by atoms with Crippen molar-refractivity contribution in [2.75, 3.05) is 0 Å². The van der Waals surface area contributed by atoms with E-state index in [1.54, 1.807) is 6.08 Å². The zero-order valence-electron chi connectivity index (χ0n) is 11.5. The number of carboxylic acids is 1. The van der Waals surface area contributed by atoms with Crippen molar-refractivity contribution in [1.29, 1.82) is 0 Å². The largest absolute Gasteiger partial charge is 0.480 e. The normalized spacial score (nSPS) is 13.1. The Morgan fingerprint density at radius 2 is 1.95 bits per heavy atom. The molecule has 0 aliphatic rings. The minimum Gasteiger partial charge on any atom is -0.480 e. The molecule has 108 valence electrons. The molecule has 0 aliphatic heterocycles. The highest BCUT2D eigenvalue weighted by molar-refractivity contribution is 5.82. The van der Waals surface area contributed by atoms with Crippen LogP contribution in [0.5, 0.6) is 0 Å². The molecule has 20 heavy (non-hydrogen) atoms. The summed E-state index contributed by atoms with van der Waals surface area (Å²) in [5, 5.41) is 14.3. The van der Waals surface area contributed by atoms with Gasteiger partial charge in [0.15, 0.2) is 0 Å². The second kappa shape index (κ2) is 7.99. The second-order valence-electron chi connectivity index (χ2n) is 4.62. The van der Waals surface area contributed by atoms with E-state index in [-0.39, 0.29) is 12.5 Å². The van der Waals surface area contributed by atoms with E-state index in [1.165, 1.54) is 0 Å². The molecule has 0 saturated heterocycles. The lowest BCUT2D eigenvalue weighted by Gasteiger charge is -2.17. The highest BCUT2D eigenvalue weighted by Crippen LogP contribution is 2.03. The summed E-state index contributed by atoms with van der Waals surface area (Å²) in [6, 6.07) is 7.66. The fourth-order valence-electron chi connectivity index (χ4n) is 1.78. The first kappa shape index (κ1) is 15.8. The molecule has 2 amide bonds. The van der Waals surface area contributed by atoms with E-state index in [9.17, 15) is 9.59 Å². The van der Waals surface area contributed by atoms with Gasteiger partial charge >= 0.3 is 12.0 Å². The Morgan fingerprint density at radius 3 is 2.50 bits per heavy atom. The lowest BCUT2D eigenvalue weighted by Crippen LogP contribution is -2.49. The molecule has 3 N–H and O–H groups in total. The fraction of sp³-hybridized carbons (Fsp3) is 0.333. The number of carboxylic acid groups (broad SMARTS) is 1. The van der Waals surface area contributed by atoms with Crippen LogP contribution in [0.3, 0.4) is 0 Å². The van der Waals surface area contributed by atoms with Gasteiger partial charge in [-0.3, -0.25) is 0 Å². The molecule has 0 aliphatic carbocycles. The molecule has 2 atom stereocenters. The Labute approximate surface area is 118 Å². The molecule has 1 unspecified atom stereocenters. The Kier molecular flexibility index (Phi) is 6.29. The molecule has 0 saturated carbocycles. The van der Waals surface area contributed by atoms with E-state index < -0.39 is 18.0 Å². The predicted molar refractivity (Wildman–Crippen MR) is 77.5 cm³/mol. The van der Waals surface area contributed by atoms with Gasteiger partial charge in [-0.2, -0.15) is 0 Å². The minimum absolute atomic E-state index is 0.0846. The van der Waals surface area contributed by atoms with Gasteiger partial charge < -0.3 is 15.7 Å². The number of hydrogen-bond donors (Lipinski definition) is 3. The summed E-state index contributed by atoms with van der Waals surface area (Å²) in [6.45, 7) is 5.41. The maximum atomic E-state index is 11.7. The van der Waals surface area contributed by atoms with Crippen LogP contribution in [0.1, 0.15) is 18.9 Å². The van der Waals surface area contributed by atoms with E-state index in [2.05, 4.69) is 17.2 Å². The summed E-state index contributed by atoms with van der Waals surface area (Å²) in [6.07, 6.45) is 2.58. The second-order valence-corrected chi connectivity index (χ2v) is 4.62. The number of nitrogens with one attached hydrogen (secondary N) is 2. The Balaban J connectivity index is 2.57. The number of carbonyl (C=O) groups excluding carboxylic acids is 1. The summed E-state index contributed by atoms with van der Waals surface area (Å²) < 4.78 is 0. The van der Waals surface area contributed by atoms with E-state index >= 15 is 0 Å². The molecule has 0 fully saturated rings. The Morgan fingerprint density at radius 1 is 1.30 bits per heavy atom. The Bertz CT molecular complexity index is 459. The predicted octanol–water partition coefficient (Wildman–Crippen LogP) is 1.95. The number of rotatable bonds is 7.